The zero-order chi connectivity index (χ0) is 20.5. The van der Waals surface area contributed by atoms with Crippen molar-refractivity contribution in [3.05, 3.63) is 0 Å². The Kier molecular flexibility index (Phi) is 7.86. The number of hydrogen-bond donors (Lipinski definition) is 10. The number of ether oxygens (including phenoxy) is 3. The van der Waals surface area contributed by atoms with Crippen LogP contribution in [0.4, 0.5) is 0 Å². The molecule has 0 radical (unpaired) electrons. The van der Waals surface area contributed by atoms with Gasteiger partial charge >= 0.3 is 0 Å². The Bertz CT molecular complexity index is 466. The van der Waals surface area contributed by atoms with Crippen molar-refractivity contribution in [2.45, 2.75) is 73.6 Å². The van der Waals surface area contributed by atoms with E-state index in [4.69, 9.17) is 24.4 Å². The summed E-state index contributed by atoms with van der Waals surface area (Å²) >= 11 is 0. The predicted molar refractivity (Wildman–Crippen MR) is 80.6 cm³/mol. The molecule has 2 heterocycles. The summed E-state index contributed by atoms with van der Waals surface area (Å²) in [7, 11) is 0. The molecule has 6 unspecified atom stereocenters. The average Bonchev–Trinajstić information content (AvgIpc) is 2.66. The Morgan fingerprint density at radius 2 is 1.15 bits per heavy atom. The van der Waals surface area contributed by atoms with Crippen LogP contribution >= 0.6 is 0 Å². The van der Waals surface area contributed by atoms with E-state index >= 15 is 0 Å². The lowest BCUT2D eigenvalue weighted by molar-refractivity contribution is -0.369. The van der Waals surface area contributed by atoms with Gasteiger partial charge < -0.3 is 65.3 Å². The summed E-state index contributed by atoms with van der Waals surface area (Å²) in [6.07, 6.45) is -21.0. The van der Waals surface area contributed by atoms with E-state index in [9.17, 15) is 40.9 Å². The highest BCUT2D eigenvalue weighted by molar-refractivity contribution is 4.96. The minimum Gasteiger partial charge on any atom is -0.394 e. The molecule has 0 bridgehead atoms. The second-order valence-electron chi connectivity index (χ2n) is 6.51. The molecule has 0 aromatic heterocycles. The van der Waals surface area contributed by atoms with E-state index in [0.29, 0.717) is 0 Å². The fourth-order valence-electron chi connectivity index (χ4n) is 3.01. The molecule has 2 rings (SSSR count). The maximum Gasteiger partial charge on any atom is 0.187 e. The van der Waals surface area contributed by atoms with Crippen LogP contribution in [0, 0.1) is 0 Å². The maximum atomic E-state index is 10.1. The molecule has 0 spiro atoms. The van der Waals surface area contributed by atoms with Gasteiger partial charge in [0.2, 0.25) is 0 Å². The third-order valence-electron chi connectivity index (χ3n) is 4.63. The number of rotatable bonds is 6. The first-order chi connectivity index (χ1) is 12.6. The summed E-state index contributed by atoms with van der Waals surface area (Å²) in [6.45, 7) is -1.66. The summed E-state index contributed by atoms with van der Waals surface area (Å²) < 4.78 is 15.2. The van der Waals surface area contributed by atoms with Gasteiger partial charge in [-0.25, -0.2) is 0 Å². The van der Waals surface area contributed by atoms with E-state index in [1.807, 2.05) is 0 Å². The Morgan fingerprint density at radius 3 is 1.67 bits per heavy atom. The molecular formula is C14H26O13. The SMILES string of the molecule is OCC(O)C1OC(O[C@H]2[C@@H](O)[C@H](O)[C@@H]([C@@H](O)CO)O[C@@H]2O)C(O)C(O)C1O. The minimum absolute atomic E-state index is 0.818. The average molecular weight is 402 g/mol. The van der Waals surface area contributed by atoms with Crippen LogP contribution in [0.1, 0.15) is 0 Å². The zero-order valence-electron chi connectivity index (χ0n) is 14.0. The summed E-state index contributed by atoms with van der Waals surface area (Å²) in [5.74, 6) is 0. The first kappa shape index (κ1) is 22.8. The van der Waals surface area contributed by atoms with Crippen LogP contribution in [-0.4, -0.2) is 138 Å². The van der Waals surface area contributed by atoms with Gasteiger partial charge in [-0.3, -0.25) is 0 Å². The van der Waals surface area contributed by atoms with Crippen molar-refractivity contribution in [3.63, 3.8) is 0 Å². The van der Waals surface area contributed by atoms with Gasteiger partial charge in [0.05, 0.1) is 13.2 Å². The van der Waals surface area contributed by atoms with E-state index < -0.39 is 86.8 Å². The lowest BCUT2D eigenvalue weighted by Crippen LogP contribution is -2.66. The van der Waals surface area contributed by atoms with E-state index in [1.165, 1.54) is 0 Å². The first-order valence-electron chi connectivity index (χ1n) is 8.26. The molecule has 0 aromatic rings. The topological polar surface area (TPSA) is 230 Å². The summed E-state index contributed by atoms with van der Waals surface area (Å²) in [5.41, 5.74) is 0. The molecule has 0 aromatic carbocycles. The highest BCUT2D eigenvalue weighted by atomic mass is 16.7. The molecule has 12 atom stereocenters. The Labute approximate surface area is 153 Å². The summed E-state index contributed by atoms with van der Waals surface area (Å²) in [6, 6.07) is 0. The molecule has 2 aliphatic heterocycles. The van der Waals surface area contributed by atoms with E-state index in [2.05, 4.69) is 0 Å². The maximum absolute atomic E-state index is 10.1. The Hall–Kier alpha value is -0.520. The molecule has 2 aliphatic rings. The van der Waals surface area contributed by atoms with Crippen LogP contribution in [0.5, 0.6) is 0 Å². The lowest BCUT2D eigenvalue weighted by Gasteiger charge is -2.46. The second kappa shape index (κ2) is 9.32. The molecule has 0 amide bonds. The number of aliphatic hydroxyl groups is 10. The van der Waals surface area contributed by atoms with Gasteiger partial charge in [-0.1, -0.05) is 0 Å². The minimum atomic E-state index is -1.93. The Morgan fingerprint density at radius 1 is 0.667 bits per heavy atom. The van der Waals surface area contributed by atoms with Crippen LogP contribution in [-0.2, 0) is 14.2 Å². The fourth-order valence-corrected chi connectivity index (χ4v) is 3.01. The normalized spacial score (nSPS) is 48.2. The molecular weight excluding hydrogens is 376 g/mol. The van der Waals surface area contributed by atoms with Gasteiger partial charge in [0.1, 0.15) is 61.0 Å². The van der Waals surface area contributed by atoms with Crippen molar-refractivity contribution in [1.82, 2.24) is 0 Å². The first-order valence-corrected chi connectivity index (χ1v) is 8.26. The van der Waals surface area contributed by atoms with Gasteiger partial charge in [-0.15, -0.1) is 0 Å². The van der Waals surface area contributed by atoms with Gasteiger partial charge in [-0.05, 0) is 0 Å². The number of aliphatic hydroxyl groups excluding tert-OH is 10. The molecule has 2 saturated heterocycles. The highest BCUT2D eigenvalue weighted by Crippen LogP contribution is 2.30. The zero-order valence-corrected chi connectivity index (χ0v) is 14.0. The molecule has 13 heteroatoms. The molecule has 10 N–H and O–H groups in total. The highest BCUT2D eigenvalue weighted by Gasteiger charge is 2.52. The third-order valence-corrected chi connectivity index (χ3v) is 4.63. The monoisotopic (exact) mass is 402 g/mol. The smallest absolute Gasteiger partial charge is 0.187 e. The quantitative estimate of drug-likeness (QED) is 0.199. The van der Waals surface area contributed by atoms with Crippen LogP contribution in [0.25, 0.3) is 0 Å². The molecule has 0 aliphatic carbocycles. The van der Waals surface area contributed by atoms with Crippen LogP contribution in [0.3, 0.4) is 0 Å². The molecule has 2 fully saturated rings. The fraction of sp³-hybridized carbons (Fsp3) is 1.00. The molecule has 27 heavy (non-hydrogen) atoms. The third kappa shape index (κ3) is 4.56. The van der Waals surface area contributed by atoms with Crippen molar-refractivity contribution in [3.8, 4) is 0 Å². The van der Waals surface area contributed by atoms with Crippen molar-refractivity contribution in [1.29, 1.82) is 0 Å². The van der Waals surface area contributed by atoms with Gasteiger partial charge in [0, 0.05) is 0 Å². The number of hydrogen-bond acceptors (Lipinski definition) is 13. The van der Waals surface area contributed by atoms with Crippen LogP contribution in [0.15, 0.2) is 0 Å². The van der Waals surface area contributed by atoms with E-state index in [-0.39, 0.29) is 0 Å². The van der Waals surface area contributed by atoms with E-state index in [1.54, 1.807) is 0 Å². The van der Waals surface area contributed by atoms with E-state index in [0.717, 1.165) is 0 Å². The largest absolute Gasteiger partial charge is 0.394 e. The van der Waals surface area contributed by atoms with Gasteiger partial charge in [0.15, 0.2) is 12.6 Å². The summed E-state index contributed by atoms with van der Waals surface area (Å²) in [5, 5.41) is 96.9. The van der Waals surface area contributed by atoms with Gasteiger partial charge in [0.25, 0.3) is 0 Å². The Balaban J connectivity index is 2.12. The molecule has 13 nitrogen and oxygen atoms in total. The predicted octanol–water partition coefficient (Wildman–Crippen LogP) is -6.68. The lowest BCUT2D eigenvalue weighted by atomic mass is 9.94. The van der Waals surface area contributed by atoms with Gasteiger partial charge in [-0.2, -0.15) is 0 Å². The summed E-state index contributed by atoms with van der Waals surface area (Å²) in [4.78, 5) is 0. The van der Waals surface area contributed by atoms with Crippen molar-refractivity contribution in [2.24, 2.45) is 0 Å². The molecule has 160 valence electrons. The van der Waals surface area contributed by atoms with Crippen molar-refractivity contribution in [2.75, 3.05) is 13.2 Å². The second-order valence-corrected chi connectivity index (χ2v) is 6.51. The van der Waals surface area contributed by atoms with Crippen molar-refractivity contribution >= 4 is 0 Å². The standard InChI is InChI=1S/C14H26O13/c15-1-3(17)10-7(21)8(22)12(13(24)25-10)27-14-9(23)5(19)6(20)11(26-14)4(18)2-16/h3-24H,1-2H2/t3-,4?,5?,6?,7-,8-,9?,10+,11?,12-,13-,14?/m0/s1. The molecule has 0 saturated carbocycles. The van der Waals surface area contributed by atoms with Crippen LogP contribution in [0.2, 0.25) is 0 Å². The van der Waals surface area contributed by atoms with Crippen LogP contribution < -0.4 is 0 Å². The van der Waals surface area contributed by atoms with Crippen molar-refractivity contribution < 1.29 is 65.3 Å².